The monoisotopic (exact) mass is 504 g/mol. The predicted molar refractivity (Wildman–Crippen MR) is 149 cm³/mol. The molecule has 0 spiro atoms. The number of nitrogens with zero attached hydrogens (tertiary/aromatic N) is 2. The van der Waals surface area contributed by atoms with E-state index in [-0.39, 0.29) is 23.3 Å². The van der Waals surface area contributed by atoms with Crippen molar-refractivity contribution in [1.82, 2.24) is 15.1 Å². The summed E-state index contributed by atoms with van der Waals surface area (Å²) in [6.45, 7) is 11.6. The molecule has 0 saturated carbocycles. The van der Waals surface area contributed by atoms with Crippen molar-refractivity contribution in [2.24, 2.45) is 11.1 Å². The zero-order chi connectivity index (χ0) is 26.6. The molecule has 6 heteroatoms. The van der Waals surface area contributed by atoms with Crippen LogP contribution in [0.2, 0.25) is 0 Å². The Morgan fingerprint density at radius 1 is 0.973 bits per heavy atom. The smallest absolute Gasteiger partial charge is 0.245 e. The standard InChI is InChI=1S/C31H44N4O2/c1-22(32)29(36)33-28(18-31(2,3)4)30(37)35-20-26(24-13-9-6-10-14-24)17-27(35)21-34-16-15-25(19-34)23-11-7-5-8-12-23/h5-14,22,25-28H,15-21,32H2,1-4H3,(H,33,36)/t22?,25-,26-,27-,28-/m0/s1. The summed E-state index contributed by atoms with van der Waals surface area (Å²) in [6.07, 6.45) is 2.65. The van der Waals surface area contributed by atoms with Crippen molar-refractivity contribution in [3.05, 3.63) is 71.8 Å². The van der Waals surface area contributed by atoms with Gasteiger partial charge in [-0.15, -0.1) is 0 Å². The number of likely N-dealkylation sites (tertiary alicyclic amines) is 2. The quantitative estimate of drug-likeness (QED) is 0.567. The van der Waals surface area contributed by atoms with Crippen molar-refractivity contribution < 1.29 is 9.59 Å². The van der Waals surface area contributed by atoms with Crippen LogP contribution in [-0.4, -0.2) is 65.9 Å². The lowest BCUT2D eigenvalue weighted by Crippen LogP contribution is -2.55. The van der Waals surface area contributed by atoms with Crippen molar-refractivity contribution in [3.63, 3.8) is 0 Å². The van der Waals surface area contributed by atoms with Crippen molar-refractivity contribution >= 4 is 11.8 Å². The lowest BCUT2D eigenvalue weighted by molar-refractivity contribution is -0.138. The van der Waals surface area contributed by atoms with Crippen LogP contribution in [0.4, 0.5) is 0 Å². The fourth-order valence-electron chi connectivity index (χ4n) is 5.94. The van der Waals surface area contributed by atoms with Crippen molar-refractivity contribution in [2.75, 3.05) is 26.2 Å². The number of carbonyl (C=O) groups is 2. The van der Waals surface area contributed by atoms with E-state index >= 15 is 0 Å². The van der Waals surface area contributed by atoms with E-state index in [0.717, 1.165) is 32.5 Å². The van der Waals surface area contributed by atoms with Crippen molar-refractivity contribution in [2.45, 2.75) is 76.9 Å². The van der Waals surface area contributed by atoms with Crippen LogP contribution in [-0.2, 0) is 9.59 Å². The zero-order valence-corrected chi connectivity index (χ0v) is 22.9. The van der Waals surface area contributed by atoms with Crippen LogP contribution >= 0.6 is 0 Å². The number of benzene rings is 2. The Bertz CT molecular complexity index is 1030. The van der Waals surface area contributed by atoms with Gasteiger partial charge < -0.3 is 20.9 Å². The molecule has 2 amide bonds. The van der Waals surface area contributed by atoms with Gasteiger partial charge in [0.1, 0.15) is 6.04 Å². The van der Waals surface area contributed by atoms with Gasteiger partial charge in [0.15, 0.2) is 0 Å². The van der Waals surface area contributed by atoms with Crippen molar-refractivity contribution in [3.8, 4) is 0 Å². The van der Waals surface area contributed by atoms with Crippen molar-refractivity contribution in [1.29, 1.82) is 0 Å². The van der Waals surface area contributed by atoms with E-state index in [1.807, 2.05) is 6.07 Å². The average molecular weight is 505 g/mol. The molecule has 2 aromatic carbocycles. The molecule has 0 aliphatic carbocycles. The Balaban J connectivity index is 1.53. The second-order valence-corrected chi connectivity index (χ2v) is 12.3. The van der Waals surface area contributed by atoms with E-state index in [4.69, 9.17) is 5.73 Å². The first-order chi connectivity index (χ1) is 17.6. The van der Waals surface area contributed by atoms with Crippen LogP contribution < -0.4 is 11.1 Å². The summed E-state index contributed by atoms with van der Waals surface area (Å²) >= 11 is 0. The molecule has 0 bridgehead atoms. The van der Waals surface area contributed by atoms with Gasteiger partial charge in [-0.25, -0.2) is 0 Å². The van der Waals surface area contributed by atoms with Crippen LogP contribution in [0.25, 0.3) is 0 Å². The Morgan fingerprint density at radius 3 is 2.14 bits per heavy atom. The topological polar surface area (TPSA) is 78.7 Å². The van der Waals surface area contributed by atoms with Gasteiger partial charge in [-0.2, -0.15) is 0 Å². The number of hydrogen-bond donors (Lipinski definition) is 2. The maximum absolute atomic E-state index is 14.1. The minimum Gasteiger partial charge on any atom is -0.343 e. The van der Waals surface area contributed by atoms with Gasteiger partial charge in [0.2, 0.25) is 11.8 Å². The maximum atomic E-state index is 14.1. The SMILES string of the molecule is CC(N)C(=O)N[C@@H](CC(C)(C)C)C(=O)N1C[C@@H](c2ccccc2)C[C@H]1CN1CC[C@H](c2ccccc2)C1. The Morgan fingerprint density at radius 2 is 1.57 bits per heavy atom. The first-order valence-corrected chi connectivity index (χ1v) is 13.8. The number of hydrogen-bond acceptors (Lipinski definition) is 4. The molecule has 4 rings (SSSR count). The largest absolute Gasteiger partial charge is 0.343 e. The fraction of sp³-hybridized carbons (Fsp3) is 0.548. The van der Waals surface area contributed by atoms with Gasteiger partial charge in [0.05, 0.1) is 6.04 Å². The molecular formula is C31H44N4O2. The van der Waals surface area contributed by atoms with Crippen LogP contribution in [0, 0.1) is 5.41 Å². The number of nitrogens with two attached hydrogens (primary N) is 1. The Kier molecular flexibility index (Phi) is 8.71. The number of amides is 2. The second kappa shape index (κ2) is 11.8. The fourth-order valence-corrected chi connectivity index (χ4v) is 5.94. The van der Waals surface area contributed by atoms with Gasteiger partial charge in [0, 0.05) is 31.6 Å². The summed E-state index contributed by atoms with van der Waals surface area (Å²) in [5, 5.41) is 2.98. The number of rotatable bonds is 8. The van der Waals surface area contributed by atoms with Gasteiger partial charge in [-0.3, -0.25) is 9.59 Å². The third-order valence-electron chi connectivity index (χ3n) is 7.83. The summed E-state index contributed by atoms with van der Waals surface area (Å²) in [6, 6.07) is 20.2. The Labute approximate surface area is 222 Å². The summed E-state index contributed by atoms with van der Waals surface area (Å²) in [5.41, 5.74) is 8.41. The normalized spacial score (nSPS) is 24.1. The summed E-state index contributed by atoms with van der Waals surface area (Å²) < 4.78 is 0. The second-order valence-electron chi connectivity index (χ2n) is 12.3. The molecular weight excluding hydrogens is 460 g/mol. The summed E-state index contributed by atoms with van der Waals surface area (Å²) in [5.74, 6) is 0.576. The van der Waals surface area contributed by atoms with Gasteiger partial charge in [-0.05, 0) is 55.2 Å². The molecule has 0 radical (unpaired) electrons. The molecule has 3 N–H and O–H groups in total. The van der Waals surface area contributed by atoms with Crippen LogP contribution in [0.1, 0.15) is 69.9 Å². The van der Waals surface area contributed by atoms with E-state index in [1.54, 1.807) is 6.92 Å². The summed E-state index contributed by atoms with van der Waals surface area (Å²) in [7, 11) is 0. The van der Waals surface area contributed by atoms with E-state index in [1.165, 1.54) is 11.1 Å². The van der Waals surface area contributed by atoms with E-state index in [2.05, 4.69) is 90.5 Å². The summed E-state index contributed by atoms with van der Waals surface area (Å²) in [4.78, 5) is 31.2. The lowest BCUT2D eigenvalue weighted by atomic mass is 9.87. The first-order valence-electron chi connectivity index (χ1n) is 13.8. The number of nitrogens with one attached hydrogen (secondary N) is 1. The zero-order valence-electron chi connectivity index (χ0n) is 22.9. The molecule has 200 valence electrons. The highest BCUT2D eigenvalue weighted by Crippen LogP contribution is 2.35. The van der Waals surface area contributed by atoms with Crippen LogP contribution in [0.15, 0.2) is 60.7 Å². The highest BCUT2D eigenvalue weighted by Gasteiger charge is 2.41. The Hall–Kier alpha value is -2.70. The van der Waals surface area contributed by atoms with E-state index in [9.17, 15) is 9.59 Å². The van der Waals surface area contributed by atoms with Gasteiger partial charge in [-0.1, -0.05) is 81.4 Å². The molecule has 2 fully saturated rings. The highest BCUT2D eigenvalue weighted by molar-refractivity contribution is 5.90. The maximum Gasteiger partial charge on any atom is 0.245 e. The van der Waals surface area contributed by atoms with Gasteiger partial charge >= 0.3 is 0 Å². The molecule has 2 heterocycles. The minimum absolute atomic E-state index is 0.0196. The molecule has 2 saturated heterocycles. The molecule has 2 aliphatic rings. The molecule has 6 nitrogen and oxygen atoms in total. The van der Waals surface area contributed by atoms with Crippen LogP contribution in [0.5, 0.6) is 0 Å². The molecule has 2 aliphatic heterocycles. The number of carbonyl (C=O) groups excluding carboxylic acids is 2. The van der Waals surface area contributed by atoms with Crippen LogP contribution in [0.3, 0.4) is 0 Å². The molecule has 37 heavy (non-hydrogen) atoms. The van der Waals surface area contributed by atoms with E-state index < -0.39 is 12.1 Å². The molecule has 1 unspecified atom stereocenters. The molecule has 5 atom stereocenters. The van der Waals surface area contributed by atoms with Gasteiger partial charge in [0.25, 0.3) is 0 Å². The molecule has 2 aromatic rings. The molecule has 0 aromatic heterocycles. The third kappa shape index (κ3) is 7.20. The minimum atomic E-state index is -0.652. The van der Waals surface area contributed by atoms with E-state index in [0.29, 0.717) is 24.8 Å². The third-order valence-corrected chi connectivity index (χ3v) is 7.83. The predicted octanol–water partition coefficient (Wildman–Crippen LogP) is 4.13. The average Bonchev–Trinajstić information content (AvgIpc) is 3.51. The lowest BCUT2D eigenvalue weighted by Gasteiger charge is -2.34. The first kappa shape index (κ1) is 27.3. The highest BCUT2D eigenvalue weighted by atomic mass is 16.2.